The van der Waals surface area contributed by atoms with Gasteiger partial charge in [0.15, 0.2) is 0 Å². The summed E-state index contributed by atoms with van der Waals surface area (Å²) in [6.07, 6.45) is 6.37. The number of anilines is 2. The molecule has 1 atom stereocenters. The zero-order valence-electron chi connectivity index (χ0n) is 12.3. The molecule has 106 valence electrons. The minimum absolute atomic E-state index is 0.0373. The van der Waals surface area contributed by atoms with Crippen molar-refractivity contribution in [1.82, 2.24) is 0 Å². The smallest absolute Gasteiger partial charge is 0.221 e. The number of rotatable bonds is 8. The molecular formula is C16H26N2O. The van der Waals surface area contributed by atoms with Crippen molar-refractivity contribution in [2.75, 3.05) is 10.6 Å². The Morgan fingerprint density at radius 3 is 2.63 bits per heavy atom. The molecular weight excluding hydrogens is 236 g/mol. The first-order valence-electron chi connectivity index (χ1n) is 7.26. The fourth-order valence-corrected chi connectivity index (χ4v) is 2.12. The van der Waals surface area contributed by atoms with Crippen LogP contribution in [-0.4, -0.2) is 11.9 Å². The molecule has 1 unspecified atom stereocenters. The van der Waals surface area contributed by atoms with Crippen molar-refractivity contribution < 1.29 is 4.79 Å². The van der Waals surface area contributed by atoms with E-state index in [0.29, 0.717) is 6.04 Å². The Kier molecular flexibility index (Phi) is 7.01. The van der Waals surface area contributed by atoms with E-state index in [-0.39, 0.29) is 5.91 Å². The largest absolute Gasteiger partial charge is 0.383 e. The molecule has 0 aliphatic carbocycles. The lowest BCUT2D eigenvalue weighted by atomic mass is 10.1. The van der Waals surface area contributed by atoms with Crippen molar-refractivity contribution in [3.05, 3.63) is 24.3 Å². The fraction of sp³-hybridized carbons (Fsp3) is 0.562. The average molecular weight is 262 g/mol. The highest BCUT2D eigenvalue weighted by Gasteiger charge is 2.03. The Morgan fingerprint density at radius 1 is 1.21 bits per heavy atom. The SMILES string of the molecule is CCCCCCC(C)Nc1cccc(NC(C)=O)c1. The van der Waals surface area contributed by atoms with Crippen LogP contribution in [0.15, 0.2) is 24.3 Å². The molecule has 0 aliphatic rings. The highest BCUT2D eigenvalue weighted by Crippen LogP contribution is 2.17. The molecule has 19 heavy (non-hydrogen) atoms. The second kappa shape index (κ2) is 8.57. The summed E-state index contributed by atoms with van der Waals surface area (Å²) >= 11 is 0. The van der Waals surface area contributed by atoms with Gasteiger partial charge in [-0.05, 0) is 31.5 Å². The summed E-state index contributed by atoms with van der Waals surface area (Å²) in [6, 6.07) is 8.33. The van der Waals surface area contributed by atoms with E-state index in [1.54, 1.807) is 0 Å². The molecule has 1 aromatic rings. The number of hydrogen-bond donors (Lipinski definition) is 2. The zero-order chi connectivity index (χ0) is 14.1. The zero-order valence-corrected chi connectivity index (χ0v) is 12.3. The predicted molar refractivity (Wildman–Crippen MR) is 82.6 cm³/mol. The van der Waals surface area contributed by atoms with E-state index >= 15 is 0 Å². The van der Waals surface area contributed by atoms with E-state index in [9.17, 15) is 4.79 Å². The van der Waals surface area contributed by atoms with E-state index in [4.69, 9.17) is 0 Å². The van der Waals surface area contributed by atoms with Crippen LogP contribution in [-0.2, 0) is 4.79 Å². The lowest BCUT2D eigenvalue weighted by Crippen LogP contribution is -2.15. The van der Waals surface area contributed by atoms with Crippen molar-refractivity contribution in [2.45, 2.75) is 58.9 Å². The number of hydrogen-bond acceptors (Lipinski definition) is 2. The van der Waals surface area contributed by atoms with Crippen molar-refractivity contribution in [1.29, 1.82) is 0 Å². The standard InChI is InChI=1S/C16H26N2O/c1-4-5-6-7-9-13(2)17-15-10-8-11-16(12-15)18-14(3)19/h8,10-13,17H,4-7,9H2,1-3H3,(H,18,19). The van der Waals surface area contributed by atoms with Gasteiger partial charge < -0.3 is 10.6 Å². The molecule has 0 saturated heterocycles. The van der Waals surface area contributed by atoms with Crippen LogP contribution < -0.4 is 10.6 Å². The monoisotopic (exact) mass is 262 g/mol. The predicted octanol–water partition coefficient (Wildman–Crippen LogP) is 4.42. The van der Waals surface area contributed by atoms with Crippen LogP contribution in [0.5, 0.6) is 0 Å². The normalized spacial score (nSPS) is 11.9. The minimum atomic E-state index is -0.0373. The molecule has 3 heteroatoms. The summed E-state index contributed by atoms with van der Waals surface area (Å²) in [5, 5.41) is 6.28. The fourth-order valence-electron chi connectivity index (χ4n) is 2.12. The van der Waals surface area contributed by atoms with Crippen molar-refractivity contribution in [2.24, 2.45) is 0 Å². The van der Waals surface area contributed by atoms with Crippen LogP contribution in [0.2, 0.25) is 0 Å². The van der Waals surface area contributed by atoms with Crippen LogP contribution in [0.1, 0.15) is 52.9 Å². The molecule has 0 bridgehead atoms. The number of benzene rings is 1. The summed E-state index contributed by atoms with van der Waals surface area (Å²) in [5.41, 5.74) is 1.91. The number of unbranched alkanes of at least 4 members (excludes halogenated alkanes) is 3. The summed E-state index contributed by atoms with van der Waals surface area (Å²) in [5.74, 6) is -0.0373. The third-order valence-electron chi connectivity index (χ3n) is 3.09. The van der Waals surface area contributed by atoms with Crippen LogP contribution in [0.25, 0.3) is 0 Å². The third kappa shape index (κ3) is 6.85. The maximum absolute atomic E-state index is 11.0. The Morgan fingerprint density at radius 2 is 1.95 bits per heavy atom. The summed E-state index contributed by atoms with van der Waals surface area (Å²) in [4.78, 5) is 11.0. The lowest BCUT2D eigenvalue weighted by Gasteiger charge is -2.16. The molecule has 0 heterocycles. The van der Waals surface area contributed by atoms with Gasteiger partial charge in [0.05, 0.1) is 0 Å². The first-order valence-corrected chi connectivity index (χ1v) is 7.26. The van der Waals surface area contributed by atoms with Crippen LogP contribution in [0, 0.1) is 0 Å². The number of carbonyl (C=O) groups excluding carboxylic acids is 1. The van der Waals surface area contributed by atoms with Gasteiger partial charge >= 0.3 is 0 Å². The van der Waals surface area contributed by atoms with Gasteiger partial charge in [0.25, 0.3) is 0 Å². The van der Waals surface area contributed by atoms with Gasteiger partial charge in [-0.1, -0.05) is 38.7 Å². The summed E-state index contributed by atoms with van der Waals surface area (Å²) in [6.45, 7) is 5.96. The topological polar surface area (TPSA) is 41.1 Å². The van der Waals surface area contributed by atoms with Crippen LogP contribution in [0.4, 0.5) is 11.4 Å². The average Bonchev–Trinajstić information content (AvgIpc) is 2.34. The van der Waals surface area contributed by atoms with Gasteiger partial charge in [-0.3, -0.25) is 4.79 Å². The van der Waals surface area contributed by atoms with Gasteiger partial charge in [-0.2, -0.15) is 0 Å². The van der Waals surface area contributed by atoms with E-state index in [2.05, 4.69) is 24.5 Å². The molecule has 1 rings (SSSR count). The molecule has 3 nitrogen and oxygen atoms in total. The van der Waals surface area contributed by atoms with Crippen LogP contribution in [0.3, 0.4) is 0 Å². The number of nitrogens with one attached hydrogen (secondary N) is 2. The maximum atomic E-state index is 11.0. The first kappa shape index (κ1) is 15.5. The van der Waals surface area contributed by atoms with E-state index < -0.39 is 0 Å². The second-order valence-corrected chi connectivity index (χ2v) is 5.16. The third-order valence-corrected chi connectivity index (χ3v) is 3.09. The van der Waals surface area contributed by atoms with E-state index in [0.717, 1.165) is 11.4 Å². The molecule has 2 N–H and O–H groups in total. The lowest BCUT2D eigenvalue weighted by molar-refractivity contribution is -0.114. The van der Waals surface area contributed by atoms with Crippen LogP contribution >= 0.6 is 0 Å². The molecule has 0 aliphatic heterocycles. The van der Waals surface area contributed by atoms with Gasteiger partial charge in [0.1, 0.15) is 0 Å². The molecule has 1 aromatic carbocycles. The Labute approximate surface area is 116 Å². The second-order valence-electron chi connectivity index (χ2n) is 5.16. The summed E-state index contributed by atoms with van der Waals surface area (Å²) < 4.78 is 0. The molecule has 0 radical (unpaired) electrons. The Balaban J connectivity index is 2.40. The molecule has 0 fully saturated rings. The summed E-state index contributed by atoms with van der Waals surface area (Å²) in [7, 11) is 0. The molecule has 1 amide bonds. The highest BCUT2D eigenvalue weighted by atomic mass is 16.1. The Bertz CT molecular complexity index is 390. The van der Waals surface area contributed by atoms with Crippen molar-refractivity contribution in [3.8, 4) is 0 Å². The van der Waals surface area contributed by atoms with Crippen molar-refractivity contribution >= 4 is 17.3 Å². The quantitative estimate of drug-likeness (QED) is 0.681. The minimum Gasteiger partial charge on any atom is -0.383 e. The van der Waals surface area contributed by atoms with Gasteiger partial charge in [-0.25, -0.2) is 0 Å². The first-order chi connectivity index (χ1) is 9.11. The molecule has 0 aromatic heterocycles. The highest BCUT2D eigenvalue weighted by molar-refractivity contribution is 5.89. The van der Waals surface area contributed by atoms with E-state index in [1.165, 1.54) is 39.0 Å². The molecule has 0 saturated carbocycles. The van der Waals surface area contributed by atoms with Crippen molar-refractivity contribution in [3.63, 3.8) is 0 Å². The van der Waals surface area contributed by atoms with Gasteiger partial charge in [0.2, 0.25) is 5.91 Å². The molecule has 0 spiro atoms. The Hall–Kier alpha value is -1.51. The van der Waals surface area contributed by atoms with Gasteiger partial charge in [-0.15, -0.1) is 0 Å². The number of amides is 1. The van der Waals surface area contributed by atoms with E-state index in [1.807, 2.05) is 24.3 Å². The maximum Gasteiger partial charge on any atom is 0.221 e. The number of carbonyl (C=O) groups is 1. The van der Waals surface area contributed by atoms with Gasteiger partial charge in [0, 0.05) is 24.3 Å².